The third kappa shape index (κ3) is 6.67. The molecule has 1 amide bonds. The number of amides is 1. The van der Waals surface area contributed by atoms with Gasteiger partial charge in [0.2, 0.25) is 15.9 Å². The number of carbonyl (C=O) groups excluding carboxylic acids is 1. The SMILES string of the molecule is CNC(=O)COc1cccc(CNS(=O)(=O)c2ccc(N3CCC(N(C)Cc4ncc(C)o4)C3)c3cnccc23)c1. The zero-order valence-corrected chi connectivity index (χ0v) is 24.1. The van der Waals surface area contributed by atoms with E-state index < -0.39 is 10.0 Å². The Morgan fingerprint density at radius 3 is 2.83 bits per heavy atom. The zero-order chi connectivity index (χ0) is 29.0. The van der Waals surface area contributed by atoms with Crippen LogP contribution < -0.4 is 19.7 Å². The van der Waals surface area contributed by atoms with Gasteiger partial charge in [-0.15, -0.1) is 0 Å². The van der Waals surface area contributed by atoms with Crippen molar-refractivity contribution < 1.29 is 22.4 Å². The highest BCUT2D eigenvalue weighted by Crippen LogP contribution is 2.34. The van der Waals surface area contributed by atoms with Crippen LogP contribution in [0.2, 0.25) is 0 Å². The number of ether oxygens (including phenoxy) is 1. The highest BCUT2D eigenvalue weighted by atomic mass is 32.2. The molecule has 0 aliphatic carbocycles. The lowest BCUT2D eigenvalue weighted by molar-refractivity contribution is -0.122. The number of pyridine rings is 1. The van der Waals surface area contributed by atoms with Crippen LogP contribution in [-0.4, -0.2) is 69.0 Å². The van der Waals surface area contributed by atoms with Crippen LogP contribution >= 0.6 is 0 Å². The highest BCUT2D eigenvalue weighted by molar-refractivity contribution is 7.89. The van der Waals surface area contributed by atoms with Crippen molar-refractivity contribution in [2.24, 2.45) is 0 Å². The first-order valence-electron chi connectivity index (χ1n) is 13.4. The van der Waals surface area contributed by atoms with Gasteiger partial charge >= 0.3 is 0 Å². The van der Waals surface area contributed by atoms with E-state index in [0.717, 1.165) is 36.3 Å². The van der Waals surface area contributed by atoms with Crippen molar-refractivity contribution in [1.29, 1.82) is 0 Å². The van der Waals surface area contributed by atoms with Crippen LogP contribution in [0, 0.1) is 6.92 Å². The first-order chi connectivity index (χ1) is 19.7. The first kappa shape index (κ1) is 28.5. The predicted octanol–water partition coefficient (Wildman–Crippen LogP) is 2.85. The van der Waals surface area contributed by atoms with Gasteiger partial charge < -0.3 is 19.4 Å². The molecule has 3 heterocycles. The number of oxazole rings is 1. The third-order valence-electron chi connectivity index (χ3n) is 7.24. The molecule has 1 fully saturated rings. The molecule has 1 saturated heterocycles. The van der Waals surface area contributed by atoms with Crippen LogP contribution in [0.4, 0.5) is 5.69 Å². The molecule has 0 saturated carbocycles. The van der Waals surface area contributed by atoms with E-state index in [9.17, 15) is 13.2 Å². The summed E-state index contributed by atoms with van der Waals surface area (Å²) >= 11 is 0. The van der Waals surface area contributed by atoms with Crippen molar-refractivity contribution in [3.8, 4) is 5.75 Å². The van der Waals surface area contributed by atoms with Crippen molar-refractivity contribution in [3.05, 3.63) is 78.3 Å². The Balaban J connectivity index is 1.30. The fourth-order valence-electron chi connectivity index (χ4n) is 5.02. The summed E-state index contributed by atoms with van der Waals surface area (Å²) in [4.78, 5) is 24.8. The summed E-state index contributed by atoms with van der Waals surface area (Å²) in [5.74, 6) is 1.73. The number of benzene rings is 2. The second-order valence-electron chi connectivity index (χ2n) is 10.1. The van der Waals surface area contributed by atoms with E-state index in [4.69, 9.17) is 9.15 Å². The second kappa shape index (κ2) is 12.2. The van der Waals surface area contributed by atoms with Gasteiger partial charge in [-0.3, -0.25) is 14.7 Å². The summed E-state index contributed by atoms with van der Waals surface area (Å²) < 4.78 is 40.7. The molecule has 11 nitrogen and oxygen atoms in total. The predicted molar refractivity (Wildman–Crippen MR) is 155 cm³/mol. The molecule has 1 atom stereocenters. The fourth-order valence-corrected chi connectivity index (χ4v) is 6.24. The molecule has 2 aromatic heterocycles. The number of rotatable bonds is 11. The minimum absolute atomic E-state index is 0.0675. The molecule has 41 heavy (non-hydrogen) atoms. The van der Waals surface area contributed by atoms with Crippen LogP contribution in [0.3, 0.4) is 0 Å². The van der Waals surface area contributed by atoms with Crippen molar-refractivity contribution in [1.82, 2.24) is 24.9 Å². The monoisotopic (exact) mass is 578 g/mol. The van der Waals surface area contributed by atoms with Crippen LogP contribution in [0.15, 0.2) is 70.4 Å². The van der Waals surface area contributed by atoms with Gasteiger partial charge in [-0.2, -0.15) is 0 Å². The van der Waals surface area contributed by atoms with Gasteiger partial charge in [0.05, 0.1) is 17.6 Å². The number of nitrogens with zero attached hydrogens (tertiary/aromatic N) is 4. The zero-order valence-electron chi connectivity index (χ0n) is 23.3. The Morgan fingerprint density at radius 1 is 1.20 bits per heavy atom. The number of fused-ring (bicyclic) bond motifs is 1. The summed E-state index contributed by atoms with van der Waals surface area (Å²) in [6, 6.07) is 12.5. The molecule has 216 valence electrons. The number of anilines is 1. The molecular formula is C29H34N6O5S. The largest absolute Gasteiger partial charge is 0.484 e. The standard InChI is InChI=1S/C29H34N6O5S/c1-20-14-32-29(40-20)18-34(3)22-10-12-35(17-22)26-7-8-27(24-9-11-31-16-25(24)26)41(37,38)33-15-21-5-4-6-23(13-21)39-19-28(36)30-2/h4-9,11,13-14,16,22,33H,10,12,15,17-19H2,1-3H3,(H,30,36). The van der Waals surface area contributed by atoms with Gasteiger partial charge in [0.1, 0.15) is 11.5 Å². The molecule has 1 unspecified atom stereocenters. The van der Waals surface area contributed by atoms with E-state index in [0.29, 0.717) is 35.2 Å². The summed E-state index contributed by atoms with van der Waals surface area (Å²) in [5, 5.41) is 3.89. The Labute approximate surface area is 239 Å². The fraction of sp³-hybridized carbons (Fsp3) is 0.345. The van der Waals surface area contributed by atoms with Crippen LogP contribution in [-0.2, 0) is 27.9 Å². The lowest BCUT2D eigenvalue weighted by Gasteiger charge is -2.25. The van der Waals surface area contributed by atoms with Crippen molar-refractivity contribution in [2.45, 2.75) is 37.4 Å². The molecule has 0 radical (unpaired) electrons. The second-order valence-corrected chi connectivity index (χ2v) is 11.8. The molecule has 1 aliphatic rings. The Hall–Kier alpha value is -4.00. The van der Waals surface area contributed by atoms with E-state index in [-0.39, 0.29) is 24.0 Å². The van der Waals surface area contributed by atoms with Crippen LogP contribution in [0.5, 0.6) is 5.75 Å². The van der Waals surface area contributed by atoms with E-state index in [1.807, 2.05) is 13.0 Å². The maximum absolute atomic E-state index is 13.5. The average Bonchev–Trinajstić information content (AvgIpc) is 3.63. The van der Waals surface area contributed by atoms with E-state index in [2.05, 4.69) is 36.9 Å². The summed E-state index contributed by atoms with van der Waals surface area (Å²) in [5.41, 5.74) is 1.66. The molecule has 12 heteroatoms. The molecule has 4 aromatic rings. The normalized spacial score (nSPS) is 15.5. The maximum Gasteiger partial charge on any atom is 0.257 e. The smallest absolute Gasteiger partial charge is 0.257 e. The first-order valence-corrected chi connectivity index (χ1v) is 14.9. The van der Waals surface area contributed by atoms with Gasteiger partial charge in [-0.25, -0.2) is 18.1 Å². The van der Waals surface area contributed by atoms with Gasteiger partial charge in [0, 0.05) is 61.6 Å². The minimum atomic E-state index is -3.85. The molecule has 2 N–H and O–H groups in total. The number of nitrogens with one attached hydrogen (secondary N) is 2. The molecule has 0 bridgehead atoms. The molecule has 1 aliphatic heterocycles. The number of aryl methyl sites for hydroxylation is 1. The molecule has 5 rings (SSSR count). The lowest BCUT2D eigenvalue weighted by Crippen LogP contribution is -2.34. The van der Waals surface area contributed by atoms with E-state index in [1.54, 1.807) is 55.0 Å². The summed E-state index contributed by atoms with van der Waals surface area (Å²) in [6.45, 7) is 4.09. The van der Waals surface area contributed by atoms with E-state index >= 15 is 0 Å². The van der Waals surface area contributed by atoms with Crippen molar-refractivity contribution >= 4 is 32.4 Å². The minimum Gasteiger partial charge on any atom is -0.484 e. The van der Waals surface area contributed by atoms with Crippen molar-refractivity contribution in [3.63, 3.8) is 0 Å². The summed E-state index contributed by atoms with van der Waals surface area (Å²) in [7, 11) is -0.250. The summed E-state index contributed by atoms with van der Waals surface area (Å²) in [6.07, 6.45) is 6.03. The number of hydrogen-bond acceptors (Lipinski definition) is 9. The lowest BCUT2D eigenvalue weighted by atomic mass is 10.1. The third-order valence-corrected chi connectivity index (χ3v) is 8.70. The van der Waals surface area contributed by atoms with Crippen LogP contribution in [0.1, 0.15) is 23.6 Å². The molecular weight excluding hydrogens is 544 g/mol. The van der Waals surface area contributed by atoms with Gasteiger partial charge in [-0.1, -0.05) is 12.1 Å². The van der Waals surface area contributed by atoms with Gasteiger partial charge in [0.15, 0.2) is 6.61 Å². The molecule has 2 aromatic carbocycles. The van der Waals surface area contributed by atoms with Gasteiger partial charge in [-0.05, 0) is 56.3 Å². The van der Waals surface area contributed by atoms with Gasteiger partial charge in [0.25, 0.3) is 5.91 Å². The number of hydrogen-bond donors (Lipinski definition) is 2. The topological polar surface area (TPSA) is 130 Å². The Kier molecular flexibility index (Phi) is 8.52. The molecule has 0 spiro atoms. The number of likely N-dealkylation sites (N-methyl/N-ethyl adjacent to an activating group) is 2. The quantitative estimate of drug-likeness (QED) is 0.276. The van der Waals surface area contributed by atoms with Crippen LogP contribution in [0.25, 0.3) is 10.8 Å². The Bertz CT molecular complexity index is 1640. The van der Waals surface area contributed by atoms with Crippen molar-refractivity contribution in [2.75, 3.05) is 38.7 Å². The Morgan fingerprint density at radius 2 is 2.05 bits per heavy atom. The number of sulfonamides is 1. The highest BCUT2D eigenvalue weighted by Gasteiger charge is 2.29. The number of aromatic nitrogens is 2. The number of carbonyl (C=O) groups is 1. The maximum atomic E-state index is 13.5. The average molecular weight is 579 g/mol. The van der Waals surface area contributed by atoms with E-state index in [1.165, 1.54) is 7.05 Å².